The Morgan fingerprint density at radius 3 is 1.21 bits per heavy atom. The lowest BCUT2D eigenvalue weighted by Crippen LogP contribution is -2.34. The highest BCUT2D eigenvalue weighted by atomic mass is 35.5. The predicted molar refractivity (Wildman–Crippen MR) is 518 cm³/mol. The smallest absolute Gasteiger partial charge is 0.162 e. The second-order valence-corrected chi connectivity index (χ2v) is 37.6. The quantitative estimate of drug-likeness (QED) is 0.0315. The first-order chi connectivity index (χ1) is 67.6. The highest BCUT2D eigenvalue weighted by Crippen LogP contribution is 2.46. The number of benzene rings is 5. The molecule has 33 nitrogen and oxygen atoms in total. The molecule has 6 aliphatic rings. The zero-order valence-corrected chi connectivity index (χ0v) is 79.2. The van der Waals surface area contributed by atoms with Gasteiger partial charge in [-0.3, -0.25) is 0 Å². The summed E-state index contributed by atoms with van der Waals surface area (Å²) in [6.45, 7) is 11.4. The van der Waals surface area contributed by atoms with E-state index >= 15 is 0 Å². The SMILES string of the molecule is Cc1ccnc2c1ccn2[C@@H]1C[C@H](Oc2cc(F)c(F)cc2CN)[C@@H](O)[C@H]1O.Cc1ccnc2c1ccn2[C@@H]1C[C@H](Oc2ccc(Cl)cc2C(O)CN)[C@@H](O)[C@H]1O.Cc1ccnc2c1ccn2[C@@H]1C[C@H](Oc2cccc3c2[C@H](N)CC3)[C@@H](O)[C@H]1O.Cc1ncnc2c1ccn2[C@@H]1C[C@H](Oc2ccc(Cl)c(F)c2CN)[C@@H](O)[C@H]1O.Cc1ncnc2c1ccn2[C@@H]1C[C@H](Oc2ccc(F)cc2[C@@H](C)N)[C@@H](O)[C@H]1O. The second-order valence-electron chi connectivity index (χ2n) is 36.8. The number of fused-ring (bicyclic) bond motifs is 6. The lowest BCUT2D eigenvalue weighted by atomic mass is 10.1. The molecule has 1 unspecified atom stereocenters. The number of aryl methyl sites for hydroxylation is 6. The topological polar surface area (TPSA) is 514 Å². The third-order valence-corrected chi connectivity index (χ3v) is 28.6. The molecule has 0 aliphatic heterocycles. The molecule has 5 aromatic carbocycles. The van der Waals surface area contributed by atoms with Gasteiger partial charge in [-0.1, -0.05) is 35.3 Å². The van der Waals surface area contributed by atoms with Crippen LogP contribution in [0.15, 0.2) is 190 Å². The van der Waals surface area contributed by atoms with Crippen LogP contribution in [0.4, 0.5) is 17.6 Å². The van der Waals surface area contributed by atoms with E-state index in [0.29, 0.717) is 70.3 Å². The zero-order valence-electron chi connectivity index (χ0n) is 77.7. The summed E-state index contributed by atoms with van der Waals surface area (Å²) in [5.41, 5.74) is 41.2. The Balaban J connectivity index is 0.000000121. The first-order valence-electron chi connectivity index (χ1n) is 46.6. The van der Waals surface area contributed by atoms with Crippen LogP contribution in [0, 0.1) is 57.9 Å². The van der Waals surface area contributed by atoms with Crippen molar-refractivity contribution in [1.82, 2.24) is 57.7 Å². The van der Waals surface area contributed by atoms with E-state index in [0.717, 1.165) is 103 Å². The second kappa shape index (κ2) is 42.3. The van der Waals surface area contributed by atoms with E-state index in [1.54, 1.807) is 43.7 Å². The molecule has 6 aliphatic carbocycles. The van der Waals surface area contributed by atoms with Crippen molar-refractivity contribution in [1.29, 1.82) is 0 Å². The lowest BCUT2D eigenvalue weighted by Gasteiger charge is -2.21. The van der Waals surface area contributed by atoms with Crippen LogP contribution in [0.25, 0.3) is 55.2 Å². The summed E-state index contributed by atoms with van der Waals surface area (Å²) in [5.74, 6) is -1.34. The molecule has 0 amide bonds. The maximum Gasteiger partial charge on any atom is 0.162 e. The molecule has 10 aromatic heterocycles. The Kier molecular flexibility index (Phi) is 30.2. The molecule has 5 saturated carbocycles. The monoisotopic (exact) mass is 1980 g/mol. The van der Waals surface area contributed by atoms with Gasteiger partial charge in [0.25, 0.3) is 0 Å². The van der Waals surface area contributed by atoms with Crippen molar-refractivity contribution in [2.24, 2.45) is 28.7 Å². The molecule has 21 rings (SSSR count). The van der Waals surface area contributed by atoms with Gasteiger partial charge in [-0.15, -0.1) is 0 Å². The van der Waals surface area contributed by atoms with Gasteiger partial charge in [-0.25, -0.2) is 52.4 Å². The molecule has 0 spiro atoms. The minimum Gasteiger partial charge on any atom is -0.487 e. The number of aliphatic hydroxyl groups excluding tert-OH is 11. The van der Waals surface area contributed by atoms with Crippen LogP contribution in [0.1, 0.15) is 155 Å². The summed E-state index contributed by atoms with van der Waals surface area (Å²) in [5, 5.41) is 122. The van der Waals surface area contributed by atoms with Crippen molar-refractivity contribution in [3.05, 3.63) is 284 Å². The van der Waals surface area contributed by atoms with Crippen LogP contribution in [-0.2, 0) is 19.5 Å². The summed E-state index contributed by atoms with van der Waals surface area (Å²) in [7, 11) is 0. The van der Waals surface area contributed by atoms with Crippen molar-refractivity contribution in [3.8, 4) is 28.7 Å². The Morgan fingerprint density at radius 1 is 0.411 bits per heavy atom. The van der Waals surface area contributed by atoms with Crippen molar-refractivity contribution >= 4 is 78.4 Å². The van der Waals surface area contributed by atoms with E-state index in [-0.39, 0.29) is 65.8 Å². The fourth-order valence-corrected chi connectivity index (χ4v) is 20.6. The first-order valence-corrected chi connectivity index (χ1v) is 47.3. The van der Waals surface area contributed by atoms with Crippen molar-refractivity contribution in [2.75, 3.05) is 6.54 Å². The molecular weight excluding hydrogens is 1870 g/mol. The van der Waals surface area contributed by atoms with Gasteiger partial charge in [0.05, 0.1) is 52.7 Å². The summed E-state index contributed by atoms with van der Waals surface area (Å²) in [4.78, 5) is 30.3. The highest BCUT2D eigenvalue weighted by molar-refractivity contribution is 6.31. The van der Waals surface area contributed by atoms with E-state index < -0.39 is 151 Å². The molecular formula is C102H113Cl2F4N17O16. The van der Waals surface area contributed by atoms with E-state index in [2.05, 4.69) is 41.0 Å². The third-order valence-electron chi connectivity index (χ3n) is 28.0. The number of rotatable bonds is 20. The Morgan fingerprint density at radius 2 is 0.794 bits per heavy atom. The molecule has 23 atom stereocenters. The molecule has 10 heterocycles. The molecule has 0 saturated heterocycles. The Hall–Kier alpha value is -11.9. The summed E-state index contributed by atoms with van der Waals surface area (Å²) < 4.78 is 94.0. The zero-order chi connectivity index (χ0) is 100. The Bertz CT molecular complexity index is 6910. The van der Waals surface area contributed by atoms with Crippen LogP contribution in [0.3, 0.4) is 0 Å². The number of ether oxygens (including phenoxy) is 5. The number of halogens is 6. The molecule has 0 radical (unpaired) electrons. The molecule has 15 aromatic rings. The third kappa shape index (κ3) is 20.0. The van der Waals surface area contributed by atoms with Gasteiger partial charge in [0.2, 0.25) is 0 Å². The van der Waals surface area contributed by atoms with Gasteiger partial charge in [-0.05, 0) is 186 Å². The fourth-order valence-electron chi connectivity index (χ4n) is 20.2. The average molecular weight is 1980 g/mol. The van der Waals surface area contributed by atoms with Gasteiger partial charge >= 0.3 is 0 Å². The number of hydrogen-bond acceptors (Lipinski definition) is 28. The van der Waals surface area contributed by atoms with Crippen molar-refractivity contribution < 1.29 is 97.4 Å². The van der Waals surface area contributed by atoms with Gasteiger partial charge in [0, 0.05) is 179 Å². The molecule has 744 valence electrons. The maximum absolute atomic E-state index is 14.2. The Labute approximate surface area is 816 Å². The normalized spacial score (nSPS) is 26.1. The molecule has 39 heteroatoms. The molecule has 0 bridgehead atoms. The highest BCUT2D eigenvalue weighted by Gasteiger charge is 2.50. The predicted octanol–water partition coefficient (Wildman–Crippen LogP) is 10.8. The van der Waals surface area contributed by atoms with Crippen LogP contribution >= 0.6 is 23.2 Å². The number of hydrogen-bond donors (Lipinski definition) is 16. The summed E-state index contributed by atoms with van der Waals surface area (Å²) >= 11 is 11.8. The van der Waals surface area contributed by atoms with Gasteiger partial charge in [0.1, 0.15) is 173 Å². The summed E-state index contributed by atoms with van der Waals surface area (Å²) in [6, 6.07) is 32.7. The largest absolute Gasteiger partial charge is 0.487 e. The van der Waals surface area contributed by atoms with Crippen molar-refractivity contribution in [2.45, 2.75) is 240 Å². The lowest BCUT2D eigenvalue weighted by molar-refractivity contribution is -0.0170. The van der Waals surface area contributed by atoms with Gasteiger partial charge in [-0.2, -0.15) is 0 Å². The standard InChI is InChI=1S/C22H25N3O3.C21H24ClN3O4.C20H21F2N3O3.C20H23FN4O3.C19H20ClFN4O3/c1-12-7-9-24-22-14(12)8-10-25(22)16-11-18(21(27)20(16)26)28-17-4-2-3-13-5-6-15(23)19(13)17;1-11-4-6-24-21-13(11)5-7-25(21)15-9-18(20(28)19(15)27)29-17-3-2-12(22)8-14(17)16(26)10-23;1-10-2-4-24-20-12(10)3-5-25(20)15-8-17(19(27)18(15)26)28-16-7-14(22)13(21)6-11(16)9-23;1-10(22)14-7-12(21)3-4-16(14)28-17-8-15(18(26)19(17)27)25-6-5-13-11(2)23-9-24-20(13)25;1-9-10-4-5-25(19(10)24-8-23-9)13-6-15(18(27)17(13)26)28-14-3-2-12(20)16(21)11(14)7-22/h2-4,7-10,15-16,18,20-21,26-27H,5-6,11,23H2,1H3;2-8,15-16,18-20,26-28H,9-10,23H2,1H3;2-7,15,17-19,26-27H,8-9,23H2,1H3;3-7,9-10,15,17-19,26-27H,8,22H2,1-2H3;2-5,8,13,15,17-18,26-27H,6-7,22H2,1H3/t15-,16-,18+,20+,21-;15-,16?,18+,19+,20-;15-,17+,18+,19-;10-,15-,17+,18+,19-;13-,15+,17+,18-/m11111/s1. The number of nitrogens with zero attached hydrogens (tertiary/aromatic N) is 12. The first kappa shape index (κ1) is 101. The van der Waals surface area contributed by atoms with Crippen LogP contribution < -0.4 is 52.4 Å². The average Bonchev–Trinajstić information content (AvgIpc) is 1.63. The van der Waals surface area contributed by atoms with E-state index in [1.165, 1.54) is 48.5 Å². The summed E-state index contributed by atoms with van der Waals surface area (Å²) in [6.07, 6.45) is 6.08. The number of pyridine rings is 3. The number of aromatic nitrogens is 12. The van der Waals surface area contributed by atoms with Gasteiger partial charge < -0.3 is 131 Å². The molecule has 141 heavy (non-hydrogen) atoms. The maximum atomic E-state index is 14.2. The van der Waals surface area contributed by atoms with Crippen molar-refractivity contribution in [3.63, 3.8) is 0 Å². The minimum absolute atomic E-state index is 0.00947. The van der Waals surface area contributed by atoms with Crippen LogP contribution in [0.2, 0.25) is 10.0 Å². The van der Waals surface area contributed by atoms with E-state index in [1.807, 2.05) is 149 Å². The van der Waals surface area contributed by atoms with Gasteiger partial charge in [0.15, 0.2) is 11.6 Å². The molecule has 5 fully saturated rings. The minimum atomic E-state index is -1.20. The van der Waals surface area contributed by atoms with E-state index in [4.69, 9.17) is 75.6 Å². The van der Waals surface area contributed by atoms with Crippen LogP contribution in [0.5, 0.6) is 28.7 Å². The number of nitrogens with two attached hydrogens (primary N) is 5. The van der Waals surface area contributed by atoms with Crippen LogP contribution in [-0.4, -0.2) is 212 Å². The number of aliphatic hydroxyl groups is 11. The molecule has 21 N–H and O–H groups in total. The fraction of sp³-hybridized carbons (Fsp3) is 0.382. The van der Waals surface area contributed by atoms with E-state index in [9.17, 15) is 73.7 Å².